The average molecular weight is 236 g/mol. The van der Waals surface area contributed by atoms with Crippen LogP contribution in [0.15, 0.2) is 18.2 Å². The van der Waals surface area contributed by atoms with Crippen LogP contribution < -0.4 is 0 Å². The van der Waals surface area contributed by atoms with E-state index in [2.05, 4.69) is 39.0 Å². The van der Waals surface area contributed by atoms with Gasteiger partial charge in [-0.25, -0.2) is 0 Å². The van der Waals surface area contributed by atoms with E-state index >= 15 is 0 Å². The van der Waals surface area contributed by atoms with Crippen LogP contribution in [-0.2, 0) is 6.42 Å². The summed E-state index contributed by atoms with van der Waals surface area (Å²) >= 11 is 1.88. The molecule has 2 unspecified atom stereocenters. The fraction of sp³-hybridized carbons (Fsp3) is 0.571. The van der Waals surface area contributed by atoms with Gasteiger partial charge >= 0.3 is 0 Å². The molecule has 1 fully saturated rings. The van der Waals surface area contributed by atoms with Crippen LogP contribution in [0.3, 0.4) is 0 Å². The highest BCUT2D eigenvalue weighted by molar-refractivity contribution is 8.00. The maximum Gasteiger partial charge on any atom is 0.0788 e. The van der Waals surface area contributed by atoms with Crippen LogP contribution in [0, 0.1) is 13.8 Å². The predicted molar refractivity (Wildman–Crippen MR) is 71.1 cm³/mol. The molecule has 2 atom stereocenters. The standard InChI is InChI=1S/C14H20OS/c1-10-4-11(2)6-13(5-10)8-14(15)7-12(3)16-9-14/h4-6,12,15H,7-9H2,1-3H3. The summed E-state index contributed by atoms with van der Waals surface area (Å²) in [6.45, 7) is 6.43. The summed E-state index contributed by atoms with van der Waals surface area (Å²) in [5.41, 5.74) is 3.37. The quantitative estimate of drug-likeness (QED) is 0.851. The summed E-state index contributed by atoms with van der Waals surface area (Å²) in [6, 6.07) is 6.57. The highest BCUT2D eigenvalue weighted by Gasteiger charge is 2.35. The van der Waals surface area contributed by atoms with E-state index in [1.54, 1.807) is 0 Å². The minimum Gasteiger partial charge on any atom is -0.389 e. The second kappa shape index (κ2) is 4.42. The topological polar surface area (TPSA) is 20.2 Å². The largest absolute Gasteiger partial charge is 0.389 e. The first kappa shape index (κ1) is 12.0. The van der Waals surface area contributed by atoms with Gasteiger partial charge in [0.1, 0.15) is 0 Å². The van der Waals surface area contributed by atoms with Crippen LogP contribution in [0.4, 0.5) is 0 Å². The van der Waals surface area contributed by atoms with Crippen LogP contribution in [0.1, 0.15) is 30.0 Å². The Morgan fingerprint density at radius 2 is 1.94 bits per heavy atom. The zero-order chi connectivity index (χ0) is 11.8. The van der Waals surface area contributed by atoms with Crippen LogP contribution in [0.5, 0.6) is 0 Å². The maximum atomic E-state index is 10.5. The minimum atomic E-state index is -0.482. The molecular formula is C14H20OS. The molecule has 1 nitrogen and oxygen atoms in total. The molecule has 2 rings (SSSR count). The number of benzene rings is 1. The molecule has 88 valence electrons. The fourth-order valence-electron chi connectivity index (χ4n) is 2.62. The lowest BCUT2D eigenvalue weighted by molar-refractivity contribution is 0.0642. The van der Waals surface area contributed by atoms with Crippen molar-refractivity contribution in [2.75, 3.05) is 5.75 Å². The Bertz CT molecular complexity index is 368. The molecule has 1 N–H and O–H groups in total. The SMILES string of the molecule is Cc1cc(C)cc(CC2(O)CSC(C)C2)c1. The summed E-state index contributed by atoms with van der Waals surface area (Å²) < 4.78 is 0. The van der Waals surface area contributed by atoms with E-state index in [-0.39, 0.29) is 0 Å². The Balaban J connectivity index is 2.14. The summed E-state index contributed by atoms with van der Waals surface area (Å²) in [7, 11) is 0. The number of hydrogen-bond acceptors (Lipinski definition) is 2. The third kappa shape index (κ3) is 2.80. The second-order valence-corrected chi connectivity index (χ2v) is 6.65. The Labute approximate surface area is 102 Å². The van der Waals surface area contributed by atoms with E-state index < -0.39 is 5.60 Å². The fourth-order valence-corrected chi connectivity index (χ4v) is 3.87. The van der Waals surface area contributed by atoms with E-state index in [1.165, 1.54) is 16.7 Å². The summed E-state index contributed by atoms with van der Waals surface area (Å²) in [5.74, 6) is 0.876. The molecule has 0 aromatic heterocycles. The zero-order valence-electron chi connectivity index (χ0n) is 10.3. The van der Waals surface area contributed by atoms with Crippen molar-refractivity contribution in [1.29, 1.82) is 0 Å². The van der Waals surface area contributed by atoms with E-state index in [1.807, 2.05) is 11.8 Å². The van der Waals surface area contributed by atoms with Gasteiger partial charge in [0.05, 0.1) is 5.60 Å². The number of rotatable bonds is 2. The van der Waals surface area contributed by atoms with Gasteiger partial charge in [-0.15, -0.1) is 0 Å². The lowest BCUT2D eigenvalue weighted by Gasteiger charge is -2.22. The lowest BCUT2D eigenvalue weighted by Crippen LogP contribution is -2.31. The second-order valence-electron chi connectivity index (χ2n) is 5.22. The third-order valence-electron chi connectivity index (χ3n) is 3.12. The monoisotopic (exact) mass is 236 g/mol. The van der Waals surface area contributed by atoms with Crippen molar-refractivity contribution in [2.45, 2.75) is 44.5 Å². The number of thioether (sulfide) groups is 1. The summed E-state index contributed by atoms with van der Waals surface area (Å²) in [6.07, 6.45) is 1.72. The Hall–Kier alpha value is -0.470. The highest BCUT2D eigenvalue weighted by atomic mass is 32.2. The van der Waals surface area contributed by atoms with Crippen LogP contribution in [0.2, 0.25) is 0 Å². The third-order valence-corrected chi connectivity index (χ3v) is 4.56. The lowest BCUT2D eigenvalue weighted by atomic mass is 9.91. The van der Waals surface area contributed by atoms with E-state index in [0.717, 1.165) is 18.6 Å². The van der Waals surface area contributed by atoms with Crippen molar-refractivity contribution in [3.63, 3.8) is 0 Å². The zero-order valence-corrected chi connectivity index (χ0v) is 11.1. The van der Waals surface area contributed by atoms with Gasteiger partial charge in [-0.3, -0.25) is 0 Å². The molecule has 1 aromatic rings. The molecule has 0 saturated carbocycles. The normalized spacial score (nSPS) is 29.6. The van der Waals surface area contributed by atoms with Crippen molar-refractivity contribution in [2.24, 2.45) is 0 Å². The van der Waals surface area contributed by atoms with E-state index in [4.69, 9.17) is 0 Å². The van der Waals surface area contributed by atoms with Gasteiger partial charge in [0.2, 0.25) is 0 Å². The Kier molecular flexibility index (Phi) is 3.32. The molecule has 0 spiro atoms. The number of hydrogen-bond donors (Lipinski definition) is 1. The first-order valence-corrected chi connectivity index (χ1v) is 6.93. The smallest absolute Gasteiger partial charge is 0.0788 e. The van der Waals surface area contributed by atoms with Gasteiger partial charge in [-0.05, 0) is 25.8 Å². The van der Waals surface area contributed by atoms with Crippen molar-refractivity contribution >= 4 is 11.8 Å². The average Bonchev–Trinajstić information content (AvgIpc) is 2.43. The van der Waals surface area contributed by atoms with Crippen molar-refractivity contribution in [1.82, 2.24) is 0 Å². The Morgan fingerprint density at radius 1 is 1.31 bits per heavy atom. The molecule has 1 heterocycles. The molecule has 1 saturated heterocycles. The minimum absolute atomic E-state index is 0.482. The van der Waals surface area contributed by atoms with Gasteiger partial charge < -0.3 is 5.11 Å². The van der Waals surface area contributed by atoms with Crippen molar-refractivity contribution in [3.05, 3.63) is 34.9 Å². The van der Waals surface area contributed by atoms with Gasteiger partial charge in [0.15, 0.2) is 0 Å². The molecular weight excluding hydrogens is 216 g/mol. The molecule has 1 aromatic carbocycles. The van der Waals surface area contributed by atoms with Crippen LogP contribution in [0.25, 0.3) is 0 Å². The first-order valence-electron chi connectivity index (χ1n) is 5.88. The highest BCUT2D eigenvalue weighted by Crippen LogP contribution is 2.36. The molecule has 0 amide bonds. The molecule has 1 aliphatic heterocycles. The molecule has 1 aliphatic rings. The van der Waals surface area contributed by atoms with Crippen LogP contribution >= 0.6 is 11.8 Å². The van der Waals surface area contributed by atoms with Gasteiger partial charge in [-0.1, -0.05) is 36.2 Å². The Morgan fingerprint density at radius 3 is 2.44 bits per heavy atom. The first-order chi connectivity index (χ1) is 7.47. The van der Waals surface area contributed by atoms with E-state index in [9.17, 15) is 5.11 Å². The molecule has 0 radical (unpaired) electrons. The van der Waals surface area contributed by atoms with Crippen molar-refractivity contribution < 1.29 is 5.11 Å². The predicted octanol–water partition coefficient (Wildman–Crippen LogP) is 3.10. The summed E-state index contributed by atoms with van der Waals surface area (Å²) in [5, 5.41) is 11.1. The molecule has 2 heteroatoms. The molecule has 0 aliphatic carbocycles. The summed E-state index contributed by atoms with van der Waals surface area (Å²) in [4.78, 5) is 0. The van der Waals surface area contributed by atoms with Crippen LogP contribution in [-0.4, -0.2) is 21.7 Å². The van der Waals surface area contributed by atoms with Gasteiger partial charge in [0.25, 0.3) is 0 Å². The van der Waals surface area contributed by atoms with E-state index in [0.29, 0.717) is 5.25 Å². The number of aryl methyl sites for hydroxylation is 2. The van der Waals surface area contributed by atoms with Gasteiger partial charge in [0, 0.05) is 17.4 Å². The van der Waals surface area contributed by atoms with Gasteiger partial charge in [-0.2, -0.15) is 11.8 Å². The number of aliphatic hydroxyl groups is 1. The molecule has 16 heavy (non-hydrogen) atoms. The maximum absolute atomic E-state index is 10.5. The van der Waals surface area contributed by atoms with Crippen molar-refractivity contribution in [3.8, 4) is 0 Å². The molecule has 0 bridgehead atoms.